The van der Waals surface area contributed by atoms with Crippen molar-refractivity contribution in [1.82, 2.24) is 9.88 Å². The van der Waals surface area contributed by atoms with Gasteiger partial charge in [-0.25, -0.2) is 0 Å². The lowest BCUT2D eigenvalue weighted by molar-refractivity contribution is -0.119. The molecule has 0 spiro atoms. The van der Waals surface area contributed by atoms with E-state index in [2.05, 4.69) is 4.98 Å². The summed E-state index contributed by atoms with van der Waals surface area (Å²) in [5.41, 5.74) is 0.868. The van der Waals surface area contributed by atoms with Gasteiger partial charge in [0.05, 0.1) is 5.69 Å². The summed E-state index contributed by atoms with van der Waals surface area (Å²) in [6, 6.07) is 5.58. The van der Waals surface area contributed by atoms with Crippen LogP contribution in [0.3, 0.4) is 0 Å². The van der Waals surface area contributed by atoms with Crippen LogP contribution >= 0.6 is 0 Å². The summed E-state index contributed by atoms with van der Waals surface area (Å²) in [4.78, 5) is 17.7. The molecular weight excluding hydrogens is 164 g/mol. The van der Waals surface area contributed by atoms with Gasteiger partial charge < -0.3 is 0 Å². The van der Waals surface area contributed by atoms with Crippen molar-refractivity contribution in [2.45, 2.75) is 12.5 Å². The van der Waals surface area contributed by atoms with E-state index in [1.165, 1.54) is 0 Å². The standard InChI is InChI=1S/C10H12N2O/c1-12-7-5-9(13)10(12)8-4-2-3-6-11-8/h2-4,6,10H,5,7H2,1H3. The zero-order valence-corrected chi connectivity index (χ0v) is 7.60. The molecule has 1 aromatic heterocycles. The van der Waals surface area contributed by atoms with Crippen molar-refractivity contribution in [3.63, 3.8) is 0 Å². The van der Waals surface area contributed by atoms with Crippen molar-refractivity contribution in [3.8, 4) is 0 Å². The molecule has 0 radical (unpaired) electrons. The predicted octanol–water partition coefficient (Wildman–Crippen LogP) is 1.03. The molecule has 0 aromatic carbocycles. The third kappa shape index (κ3) is 1.47. The van der Waals surface area contributed by atoms with Crippen LogP contribution in [0.1, 0.15) is 18.2 Å². The highest BCUT2D eigenvalue weighted by Crippen LogP contribution is 2.25. The Kier molecular flexibility index (Phi) is 2.10. The minimum atomic E-state index is -0.110. The number of hydrogen-bond acceptors (Lipinski definition) is 3. The van der Waals surface area contributed by atoms with Crippen LogP contribution in [0.25, 0.3) is 0 Å². The molecule has 0 aliphatic carbocycles. The maximum Gasteiger partial charge on any atom is 0.157 e. The first-order chi connectivity index (χ1) is 6.29. The second-order valence-corrected chi connectivity index (χ2v) is 3.35. The number of pyridine rings is 1. The van der Waals surface area contributed by atoms with E-state index in [9.17, 15) is 4.79 Å². The summed E-state index contributed by atoms with van der Waals surface area (Å²) in [6.07, 6.45) is 2.38. The summed E-state index contributed by atoms with van der Waals surface area (Å²) >= 11 is 0. The Bertz CT molecular complexity index is 310. The normalized spacial score (nSPS) is 23.8. The molecule has 68 valence electrons. The fourth-order valence-corrected chi connectivity index (χ4v) is 1.73. The fraction of sp³-hybridized carbons (Fsp3) is 0.400. The molecule has 1 aliphatic heterocycles. The van der Waals surface area contributed by atoms with Crippen LogP contribution in [0.15, 0.2) is 24.4 Å². The number of nitrogens with zero attached hydrogens (tertiary/aromatic N) is 2. The molecule has 1 aliphatic rings. The molecule has 1 fully saturated rings. The van der Waals surface area contributed by atoms with Crippen molar-refractivity contribution in [2.75, 3.05) is 13.6 Å². The minimum Gasteiger partial charge on any atom is -0.297 e. The van der Waals surface area contributed by atoms with Crippen LogP contribution in [0.2, 0.25) is 0 Å². The quantitative estimate of drug-likeness (QED) is 0.640. The Hall–Kier alpha value is -1.22. The van der Waals surface area contributed by atoms with Crippen molar-refractivity contribution in [2.24, 2.45) is 0 Å². The fourth-order valence-electron chi connectivity index (χ4n) is 1.73. The van der Waals surface area contributed by atoms with Gasteiger partial charge in [0.1, 0.15) is 6.04 Å². The van der Waals surface area contributed by atoms with Crippen LogP contribution < -0.4 is 0 Å². The Labute approximate surface area is 77.4 Å². The Balaban J connectivity index is 2.30. The Morgan fingerprint density at radius 2 is 2.38 bits per heavy atom. The van der Waals surface area contributed by atoms with E-state index < -0.39 is 0 Å². The molecule has 0 amide bonds. The first-order valence-corrected chi connectivity index (χ1v) is 4.43. The van der Waals surface area contributed by atoms with Gasteiger partial charge in [0.2, 0.25) is 0 Å². The predicted molar refractivity (Wildman–Crippen MR) is 49.2 cm³/mol. The number of hydrogen-bond donors (Lipinski definition) is 0. The highest BCUT2D eigenvalue weighted by Gasteiger charge is 2.31. The summed E-state index contributed by atoms with van der Waals surface area (Å²) in [5.74, 6) is 0.279. The number of likely N-dealkylation sites (tertiary alicyclic amines) is 1. The van der Waals surface area contributed by atoms with E-state index in [0.717, 1.165) is 12.2 Å². The molecule has 13 heavy (non-hydrogen) atoms. The second-order valence-electron chi connectivity index (χ2n) is 3.35. The van der Waals surface area contributed by atoms with Crippen molar-refractivity contribution in [1.29, 1.82) is 0 Å². The first kappa shape index (κ1) is 8.38. The molecular formula is C10H12N2O. The van der Waals surface area contributed by atoms with E-state index in [0.29, 0.717) is 6.42 Å². The summed E-state index contributed by atoms with van der Waals surface area (Å²) < 4.78 is 0. The third-order valence-electron chi connectivity index (χ3n) is 2.42. The van der Waals surface area contributed by atoms with Gasteiger partial charge in [-0.15, -0.1) is 0 Å². The molecule has 1 atom stereocenters. The maximum atomic E-state index is 11.5. The van der Waals surface area contributed by atoms with E-state index in [4.69, 9.17) is 0 Å². The molecule has 2 heterocycles. The van der Waals surface area contributed by atoms with Crippen LogP contribution in [0, 0.1) is 0 Å². The van der Waals surface area contributed by atoms with Crippen molar-refractivity contribution >= 4 is 5.78 Å². The van der Waals surface area contributed by atoms with Crippen LogP contribution in [0.5, 0.6) is 0 Å². The van der Waals surface area contributed by atoms with Crippen molar-refractivity contribution in [3.05, 3.63) is 30.1 Å². The molecule has 3 heteroatoms. The molecule has 3 nitrogen and oxygen atoms in total. The van der Waals surface area contributed by atoms with Crippen LogP contribution in [-0.2, 0) is 4.79 Å². The summed E-state index contributed by atoms with van der Waals surface area (Å²) in [7, 11) is 1.96. The van der Waals surface area contributed by atoms with E-state index in [1.807, 2.05) is 30.1 Å². The van der Waals surface area contributed by atoms with Gasteiger partial charge in [0.25, 0.3) is 0 Å². The molecule has 0 bridgehead atoms. The van der Waals surface area contributed by atoms with Crippen LogP contribution in [0.4, 0.5) is 0 Å². The first-order valence-electron chi connectivity index (χ1n) is 4.43. The number of likely N-dealkylation sites (N-methyl/N-ethyl adjacent to an activating group) is 1. The maximum absolute atomic E-state index is 11.5. The molecule has 1 unspecified atom stereocenters. The van der Waals surface area contributed by atoms with Gasteiger partial charge in [0, 0.05) is 19.2 Å². The van der Waals surface area contributed by atoms with Gasteiger partial charge in [-0.3, -0.25) is 14.7 Å². The second kappa shape index (κ2) is 3.26. The van der Waals surface area contributed by atoms with Gasteiger partial charge in [-0.2, -0.15) is 0 Å². The topological polar surface area (TPSA) is 33.2 Å². The lowest BCUT2D eigenvalue weighted by Crippen LogP contribution is -2.21. The average Bonchev–Trinajstić information content (AvgIpc) is 2.48. The highest BCUT2D eigenvalue weighted by atomic mass is 16.1. The summed E-state index contributed by atoms with van der Waals surface area (Å²) in [6.45, 7) is 0.847. The van der Waals surface area contributed by atoms with Crippen molar-refractivity contribution < 1.29 is 4.79 Å². The zero-order valence-electron chi connectivity index (χ0n) is 7.60. The molecule has 0 saturated carbocycles. The average molecular weight is 176 g/mol. The SMILES string of the molecule is CN1CCC(=O)C1c1ccccn1. The van der Waals surface area contributed by atoms with Crippen LogP contribution in [-0.4, -0.2) is 29.3 Å². The molecule has 0 N–H and O–H groups in total. The summed E-state index contributed by atoms with van der Waals surface area (Å²) in [5, 5.41) is 0. The number of rotatable bonds is 1. The third-order valence-corrected chi connectivity index (χ3v) is 2.42. The number of ketones is 1. The molecule has 1 saturated heterocycles. The minimum absolute atomic E-state index is 0.110. The van der Waals surface area contributed by atoms with Gasteiger partial charge in [0.15, 0.2) is 5.78 Å². The zero-order chi connectivity index (χ0) is 9.26. The number of carbonyl (C=O) groups is 1. The van der Waals surface area contributed by atoms with Gasteiger partial charge in [-0.1, -0.05) is 6.07 Å². The lowest BCUT2D eigenvalue weighted by atomic mass is 10.1. The largest absolute Gasteiger partial charge is 0.297 e. The molecule has 2 rings (SSSR count). The van der Waals surface area contributed by atoms with E-state index in [1.54, 1.807) is 6.20 Å². The Morgan fingerprint density at radius 1 is 1.54 bits per heavy atom. The van der Waals surface area contributed by atoms with E-state index in [-0.39, 0.29) is 11.8 Å². The van der Waals surface area contributed by atoms with Gasteiger partial charge >= 0.3 is 0 Å². The monoisotopic (exact) mass is 176 g/mol. The Morgan fingerprint density at radius 3 is 2.92 bits per heavy atom. The smallest absolute Gasteiger partial charge is 0.157 e. The number of aromatic nitrogens is 1. The number of carbonyl (C=O) groups excluding carboxylic acids is 1. The lowest BCUT2D eigenvalue weighted by Gasteiger charge is -2.16. The highest BCUT2D eigenvalue weighted by molar-refractivity contribution is 5.86. The number of Topliss-reactive ketones (excluding diaryl/α,β-unsaturated/α-hetero) is 1. The van der Waals surface area contributed by atoms with E-state index >= 15 is 0 Å². The molecule has 1 aromatic rings. The van der Waals surface area contributed by atoms with Gasteiger partial charge in [-0.05, 0) is 19.2 Å².